The van der Waals surface area contributed by atoms with Crippen molar-refractivity contribution in [2.24, 2.45) is 0 Å². The lowest BCUT2D eigenvalue weighted by molar-refractivity contribution is 0.0272. The van der Waals surface area contributed by atoms with Gasteiger partial charge in [-0.1, -0.05) is 0 Å². The first-order valence-electron chi connectivity index (χ1n) is 6.39. The highest BCUT2D eigenvalue weighted by Gasteiger charge is 2.40. The number of carboxylic acid groups (broad SMARTS) is 1. The van der Waals surface area contributed by atoms with Crippen LogP contribution in [0.4, 0.5) is 0 Å². The maximum atomic E-state index is 10.8. The van der Waals surface area contributed by atoms with Gasteiger partial charge in [0.25, 0.3) is 0 Å². The first-order valence-corrected chi connectivity index (χ1v) is 6.39. The molecule has 2 bridgehead atoms. The average molecular weight is 251 g/mol. The van der Waals surface area contributed by atoms with Crippen molar-refractivity contribution in [3.63, 3.8) is 0 Å². The van der Waals surface area contributed by atoms with Crippen molar-refractivity contribution < 1.29 is 19.4 Å². The summed E-state index contributed by atoms with van der Waals surface area (Å²) in [6.45, 7) is 0.648. The number of aliphatic hydroxyl groups excluding tert-OH is 1. The van der Waals surface area contributed by atoms with Crippen molar-refractivity contribution in [2.45, 2.75) is 50.4 Å². The van der Waals surface area contributed by atoms with Crippen molar-refractivity contribution in [2.75, 3.05) is 0 Å². The summed E-state index contributed by atoms with van der Waals surface area (Å²) in [7, 11) is 0. The molecule has 5 heteroatoms. The normalized spacial score (nSPS) is 31.7. The third kappa shape index (κ3) is 2.04. The summed E-state index contributed by atoms with van der Waals surface area (Å²) < 4.78 is 5.30. The highest BCUT2D eigenvalue weighted by Crippen LogP contribution is 2.36. The molecule has 3 heterocycles. The molecule has 2 aliphatic heterocycles. The Hall–Kier alpha value is -1.33. The van der Waals surface area contributed by atoms with Crippen molar-refractivity contribution in [3.8, 4) is 0 Å². The lowest BCUT2D eigenvalue weighted by Crippen LogP contribution is -2.43. The predicted octanol–water partition coefficient (Wildman–Crippen LogP) is 1.47. The van der Waals surface area contributed by atoms with Gasteiger partial charge in [0.05, 0.1) is 12.6 Å². The van der Waals surface area contributed by atoms with E-state index in [0.717, 1.165) is 25.7 Å². The number of carbonyl (C=O) groups is 1. The second kappa shape index (κ2) is 4.40. The van der Waals surface area contributed by atoms with Gasteiger partial charge in [0, 0.05) is 12.1 Å². The Morgan fingerprint density at radius 2 is 2.00 bits per heavy atom. The zero-order valence-corrected chi connectivity index (χ0v) is 10.1. The van der Waals surface area contributed by atoms with Crippen molar-refractivity contribution in [1.29, 1.82) is 0 Å². The molecule has 0 aromatic carbocycles. The molecule has 18 heavy (non-hydrogen) atoms. The maximum absolute atomic E-state index is 10.8. The van der Waals surface area contributed by atoms with Crippen LogP contribution in [0.2, 0.25) is 0 Å². The van der Waals surface area contributed by atoms with Gasteiger partial charge in [-0.3, -0.25) is 4.90 Å². The number of fused-ring (bicyclic) bond motifs is 2. The number of hydrogen-bond donors (Lipinski definition) is 2. The Bertz CT molecular complexity index is 442. The van der Waals surface area contributed by atoms with Gasteiger partial charge in [0.2, 0.25) is 5.76 Å². The molecule has 3 rings (SSSR count). The quantitative estimate of drug-likeness (QED) is 0.850. The smallest absolute Gasteiger partial charge is 0.371 e. The summed E-state index contributed by atoms with van der Waals surface area (Å²) in [4.78, 5) is 13.1. The fourth-order valence-electron chi connectivity index (χ4n) is 3.26. The summed E-state index contributed by atoms with van der Waals surface area (Å²) in [6, 6.07) is 4.06. The molecule has 0 spiro atoms. The van der Waals surface area contributed by atoms with Gasteiger partial charge in [0.15, 0.2) is 0 Å². The third-order valence-corrected chi connectivity index (χ3v) is 4.07. The maximum Gasteiger partial charge on any atom is 0.371 e. The second-order valence-electron chi connectivity index (χ2n) is 5.25. The molecule has 2 N–H and O–H groups in total. The molecule has 0 radical (unpaired) electrons. The molecule has 0 amide bonds. The fourth-order valence-corrected chi connectivity index (χ4v) is 3.26. The largest absolute Gasteiger partial charge is 0.475 e. The number of aromatic carboxylic acids is 1. The van der Waals surface area contributed by atoms with E-state index in [-0.39, 0.29) is 11.9 Å². The highest BCUT2D eigenvalue weighted by molar-refractivity contribution is 5.84. The molecule has 0 aliphatic carbocycles. The Morgan fingerprint density at radius 1 is 1.33 bits per heavy atom. The molecule has 2 fully saturated rings. The number of piperidine rings is 1. The monoisotopic (exact) mass is 251 g/mol. The van der Waals surface area contributed by atoms with Gasteiger partial charge in [0.1, 0.15) is 5.76 Å². The molecule has 98 valence electrons. The van der Waals surface area contributed by atoms with Crippen LogP contribution < -0.4 is 0 Å². The van der Waals surface area contributed by atoms with Crippen LogP contribution in [-0.2, 0) is 6.54 Å². The number of nitrogens with zero attached hydrogens (tertiary/aromatic N) is 1. The molecular formula is C13H17NO4. The van der Waals surface area contributed by atoms with E-state index in [4.69, 9.17) is 9.52 Å². The van der Waals surface area contributed by atoms with Crippen LogP contribution in [0.25, 0.3) is 0 Å². The van der Waals surface area contributed by atoms with E-state index in [1.54, 1.807) is 6.07 Å². The van der Waals surface area contributed by atoms with Gasteiger partial charge in [-0.2, -0.15) is 0 Å². The fraction of sp³-hybridized carbons (Fsp3) is 0.615. The summed E-state index contributed by atoms with van der Waals surface area (Å²) in [5.74, 6) is -0.339. The van der Waals surface area contributed by atoms with E-state index < -0.39 is 5.97 Å². The van der Waals surface area contributed by atoms with E-state index >= 15 is 0 Å². The van der Waals surface area contributed by atoms with E-state index in [2.05, 4.69) is 4.90 Å². The summed E-state index contributed by atoms with van der Waals surface area (Å²) in [5, 5.41) is 18.5. The van der Waals surface area contributed by atoms with Crippen molar-refractivity contribution in [3.05, 3.63) is 23.7 Å². The minimum absolute atomic E-state index is 0.00519. The topological polar surface area (TPSA) is 73.9 Å². The third-order valence-electron chi connectivity index (χ3n) is 4.07. The van der Waals surface area contributed by atoms with E-state index in [1.807, 2.05) is 0 Å². The summed E-state index contributed by atoms with van der Waals surface area (Å²) in [5.41, 5.74) is 0. The first kappa shape index (κ1) is 11.7. The molecule has 2 atom stereocenters. The SMILES string of the molecule is O=C(O)c1ccc(CN2C3CCC2CC(O)C3)o1. The van der Waals surface area contributed by atoms with Crippen LogP contribution >= 0.6 is 0 Å². The van der Waals surface area contributed by atoms with Gasteiger partial charge in [-0.25, -0.2) is 4.79 Å². The molecule has 2 saturated heterocycles. The summed E-state index contributed by atoms with van der Waals surface area (Å²) >= 11 is 0. The Morgan fingerprint density at radius 3 is 2.56 bits per heavy atom. The molecule has 5 nitrogen and oxygen atoms in total. The zero-order valence-electron chi connectivity index (χ0n) is 10.1. The second-order valence-corrected chi connectivity index (χ2v) is 5.25. The van der Waals surface area contributed by atoms with Gasteiger partial charge >= 0.3 is 5.97 Å². The van der Waals surface area contributed by atoms with Crippen LogP contribution in [0.5, 0.6) is 0 Å². The van der Waals surface area contributed by atoms with Crippen molar-refractivity contribution >= 4 is 5.97 Å². The highest BCUT2D eigenvalue weighted by atomic mass is 16.4. The van der Waals surface area contributed by atoms with Gasteiger partial charge < -0.3 is 14.6 Å². The Balaban J connectivity index is 1.71. The minimum Gasteiger partial charge on any atom is -0.475 e. The summed E-state index contributed by atoms with van der Waals surface area (Å²) in [6.07, 6.45) is 3.71. The number of carboxylic acids is 1. The Kier molecular flexibility index (Phi) is 2.87. The number of hydrogen-bond acceptors (Lipinski definition) is 4. The molecule has 1 aromatic heterocycles. The van der Waals surface area contributed by atoms with Crippen LogP contribution in [0.15, 0.2) is 16.5 Å². The van der Waals surface area contributed by atoms with E-state index in [0.29, 0.717) is 24.4 Å². The lowest BCUT2D eigenvalue weighted by atomic mass is 10.00. The lowest BCUT2D eigenvalue weighted by Gasteiger charge is -2.36. The van der Waals surface area contributed by atoms with Crippen LogP contribution in [0, 0.1) is 0 Å². The molecule has 2 aliphatic rings. The van der Waals surface area contributed by atoms with Crippen LogP contribution in [0.3, 0.4) is 0 Å². The van der Waals surface area contributed by atoms with Gasteiger partial charge in [-0.15, -0.1) is 0 Å². The Labute approximate surface area is 105 Å². The average Bonchev–Trinajstić information content (AvgIpc) is 2.85. The number of furan rings is 1. The van der Waals surface area contributed by atoms with Crippen molar-refractivity contribution in [1.82, 2.24) is 4.90 Å². The van der Waals surface area contributed by atoms with Crippen LogP contribution in [-0.4, -0.2) is 39.3 Å². The van der Waals surface area contributed by atoms with Crippen LogP contribution in [0.1, 0.15) is 42.0 Å². The van der Waals surface area contributed by atoms with Gasteiger partial charge in [-0.05, 0) is 37.8 Å². The molecule has 1 aromatic rings. The van der Waals surface area contributed by atoms with E-state index in [9.17, 15) is 9.90 Å². The predicted molar refractivity (Wildman–Crippen MR) is 63.3 cm³/mol. The molecule has 2 unspecified atom stereocenters. The molecular weight excluding hydrogens is 234 g/mol. The first-order chi connectivity index (χ1) is 8.63. The zero-order chi connectivity index (χ0) is 12.7. The number of rotatable bonds is 3. The molecule has 0 saturated carbocycles. The standard InChI is InChI=1S/C13H17NO4/c15-10-5-8-1-2-9(6-10)14(8)7-11-3-4-12(18-11)13(16)17/h3-4,8-10,15H,1-2,5-7H2,(H,16,17). The number of aliphatic hydroxyl groups is 1. The minimum atomic E-state index is -1.03. The van der Waals surface area contributed by atoms with E-state index in [1.165, 1.54) is 6.07 Å².